The lowest BCUT2D eigenvalue weighted by Crippen LogP contribution is -2.64. The van der Waals surface area contributed by atoms with Crippen LogP contribution in [0.15, 0.2) is 11.6 Å². The van der Waals surface area contributed by atoms with Crippen LogP contribution in [0.3, 0.4) is 0 Å². The van der Waals surface area contributed by atoms with Gasteiger partial charge in [0.15, 0.2) is 12.4 Å². The van der Waals surface area contributed by atoms with Gasteiger partial charge in [-0.1, -0.05) is 53.2 Å². The van der Waals surface area contributed by atoms with Gasteiger partial charge < -0.3 is 35.0 Å². The van der Waals surface area contributed by atoms with E-state index >= 15 is 0 Å². The number of allylic oxidation sites excluding steroid dienone is 1. The molecule has 0 aromatic heterocycles. The van der Waals surface area contributed by atoms with Crippen molar-refractivity contribution in [2.75, 3.05) is 6.54 Å². The molecule has 3 unspecified atom stereocenters. The van der Waals surface area contributed by atoms with E-state index in [9.17, 15) is 40.4 Å². The summed E-state index contributed by atoms with van der Waals surface area (Å²) in [5, 5.41) is 63.4. The third-order valence-corrected chi connectivity index (χ3v) is 14.4. The van der Waals surface area contributed by atoms with E-state index in [0.29, 0.717) is 43.3 Å². The van der Waals surface area contributed by atoms with Gasteiger partial charge >= 0.3 is 0 Å². The molecule has 3 saturated carbocycles. The summed E-state index contributed by atoms with van der Waals surface area (Å²) in [6, 6.07) is 0. The van der Waals surface area contributed by atoms with Gasteiger partial charge in [-0.15, -0.1) is 0 Å². The molecular weight excluding hydrogens is 606 g/mol. The van der Waals surface area contributed by atoms with Crippen LogP contribution in [-0.4, -0.2) is 91.3 Å². The number of hydrogen-bond acceptors (Lipinski definition) is 10. The molecule has 0 spiro atoms. The molecule has 1 saturated heterocycles. The Morgan fingerprint density at radius 1 is 1.04 bits per heavy atom. The number of Topliss-reactive ketones (excluding diaryl/α,β-unsaturated/α-hetero) is 1. The Kier molecular flexibility index (Phi) is 9.70. The standard InChI is InChI=1S/C36H59NO10/c1-19(9-13-25(38)33(4,5)43)20-15-16-34(6)24-12-10-21-22(36(24,8)26(39)17-35(20,34)7)11-14-27(32(21,2)3)47-31-30(42)29(41)28(40)23(46-31)18-37(44)45/h10,19-20,22-25,27-31,38,40-43H,9,11-18H2,1-8H3/t19-,20?,22?,23-,24?,25-,27+,28-,29+,30-,31+,34+,35-,36+/m1/s1. The van der Waals surface area contributed by atoms with Crippen LogP contribution < -0.4 is 0 Å². The zero-order chi connectivity index (χ0) is 35.1. The molecule has 1 heterocycles. The quantitative estimate of drug-likeness (QED) is 0.138. The van der Waals surface area contributed by atoms with Gasteiger partial charge in [0.2, 0.25) is 6.54 Å². The number of ketones is 1. The third-order valence-electron chi connectivity index (χ3n) is 14.4. The molecule has 4 aliphatic carbocycles. The van der Waals surface area contributed by atoms with Crippen molar-refractivity contribution in [1.29, 1.82) is 0 Å². The Morgan fingerprint density at radius 2 is 1.70 bits per heavy atom. The minimum atomic E-state index is -1.65. The highest BCUT2D eigenvalue weighted by Crippen LogP contribution is 2.74. The number of aliphatic hydroxyl groups is 5. The van der Waals surface area contributed by atoms with Crippen molar-refractivity contribution in [3.63, 3.8) is 0 Å². The fourth-order valence-electron chi connectivity index (χ4n) is 11.1. The highest BCUT2D eigenvalue weighted by molar-refractivity contribution is 5.88. The van der Waals surface area contributed by atoms with Crippen molar-refractivity contribution in [3.8, 4) is 0 Å². The summed E-state index contributed by atoms with van der Waals surface area (Å²) in [5.74, 6) is 1.16. The molecule has 14 atom stereocenters. The summed E-state index contributed by atoms with van der Waals surface area (Å²) < 4.78 is 12.0. The highest BCUT2D eigenvalue weighted by Gasteiger charge is 2.70. The molecule has 0 bridgehead atoms. The molecule has 0 aromatic rings. The van der Waals surface area contributed by atoms with E-state index in [1.165, 1.54) is 0 Å². The molecule has 5 rings (SSSR count). The van der Waals surface area contributed by atoms with E-state index in [1.54, 1.807) is 13.8 Å². The van der Waals surface area contributed by atoms with E-state index in [4.69, 9.17) is 9.47 Å². The van der Waals surface area contributed by atoms with E-state index < -0.39 is 70.8 Å². The minimum absolute atomic E-state index is 0.0234. The number of carbonyl (C=O) groups is 1. The molecule has 0 radical (unpaired) electrons. The van der Waals surface area contributed by atoms with Crippen LogP contribution in [0.4, 0.5) is 0 Å². The van der Waals surface area contributed by atoms with Crippen molar-refractivity contribution in [2.45, 2.75) is 155 Å². The minimum Gasteiger partial charge on any atom is -0.390 e. The molecule has 4 fully saturated rings. The maximum absolute atomic E-state index is 14.6. The molecule has 11 nitrogen and oxygen atoms in total. The summed E-state index contributed by atoms with van der Waals surface area (Å²) in [6.45, 7) is 15.9. The Hall–Kier alpha value is -1.47. The number of fused-ring (bicyclic) bond motifs is 5. The van der Waals surface area contributed by atoms with Gasteiger partial charge in [-0.05, 0) is 93.3 Å². The average Bonchev–Trinajstić information content (AvgIpc) is 3.24. The second-order valence-electron chi connectivity index (χ2n) is 17.5. The van der Waals surface area contributed by atoms with Crippen LogP contribution in [0, 0.1) is 55.4 Å². The van der Waals surface area contributed by atoms with E-state index in [-0.39, 0.29) is 22.7 Å². The van der Waals surface area contributed by atoms with Gasteiger partial charge in [0.05, 0.1) is 17.8 Å². The maximum atomic E-state index is 14.6. The van der Waals surface area contributed by atoms with Gasteiger partial charge in [-0.3, -0.25) is 14.9 Å². The van der Waals surface area contributed by atoms with Crippen molar-refractivity contribution in [3.05, 3.63) is 21.8 Å². The van der Waals surface area contributed by atoms with E-state index in [2.05, 4.69) is 47.6 Å². The van der Waals surface area contributed by atoms with Gasteiger partial charge in [0.25, 0.3) is 0 Å². The predicted molar refractivity (Wildman–Crippen MR) is 173 cm³/mol. The lowest BCUT2D eigenvalue weighted by Gasteiger charge is -2.65. The normalized spacial score (nSPS) is 46.1. The van der Waals surface area contributed by atoms with Crippen molar-refractivity contribution >= 4 is 5.78 Å². The smallest absolute Gasteiger partial charge is 0.232 e. The van der Waals surface area contributed by atoms with E-state index in [0.717, 1.165) is 31.3 Å². The first-order valence-corrected chi connectivity index (χ1v) is 17.7. The molecule has 268 valence electrons. The number of hydrogen-bond donors (Lipinski definition) is 5. The molecule has 5 aliphatic rings. The first-order valence-electron chi connectivity index (χ1n) is 17.7. The Labute approximate surface area is 279 Å². The summed E-state index contributed by atoms with van der Waals surface area (Å²) in [6.07, 6.45) is -0.449. The van der Waals surface area contributed by atoms with Gasteiger partial charge in [-0.2, -0.15) is 0 Å². The Morgan fingerprint density at radius 3 is 2.32 bits per heavy atom. The zero-order valence-corrected chi connectivity index (χ0v) is 29.5. The summed E-state index contributed by atoms with van der Waals surface area (Å²) >= 11 is 0. The first kappa shape index (κ1) is 36.8. The van der Waals surface area contributed by atoms with Gasteiger partial charge in [0.1, 0.15) is 24.1 Å². The van der Waals surface area contributed by atoms with Crippen molar-refractivity contribution in [2.24, 2.45) is 45.3 Å². The molecule has 47 heavy (non-hydrogen) atoms. The lowest BCUT2D eigenvalue weighted by atomic mass is 9.38. The highest BCUT2D eigenvalue weighted by atomic mass is 16.7. The maximum Gasteiger partial charge on any atom is 0.232 e. The average molecular weight is 666 g/mol. The van der Waals surface area contributed by atoms with Crippen molar-refractivity contribution in [1.82, 2.24) is 0 Å². The first-order chi connectivity index (χ1) is 21.6. The van der Waals surface area contributed by atoms with Crippen LogP contribution in [0.25, 0.3) is 0 Å². The number of nitro groups is 1. The van der Waals surface area contributed by atoms with Crippen LogP contribution in [0.1, 0.15) is 107 Å². The number of nitrogens with zero attached hydrogens (tertiary/aromatic N) is 1. The number of ether oxygens (including phenoxy) is 2. The largest absolute Gasteiger partial charge is 0.390 e. The molecular formula is C36H59NO10. The number of rotatable bonds is 9. The van der Waals surface area contributed by atoms with E-state index in [1.807, 2.05) is 0 Å². The molecule has 11 heteroatoms. The zero-order valence-electron chi connectivity index (χ0n) is 29.5. The topological polar surface area (TPSA) is 180 Å². The third kappa shape index (κ3) is 5.83. The van der Waals surface area contributed by atoms with Crippen LogP contribution in [0.5, 0.6) is 0 Å². The Bertz CT molecular complexity index is 1250. The van der Waals surface area contributed by atoms with Gasteiger partial charge in [0, 0.05) is 22.2 Å². The molecule has 1 aliphatic heterocycles. The second-order valence-corrected chi connectivity index (χ2v) is 17.5. The molecule has 0 amide bonds. The SMILES string of the molecule is C[C@H](CC[C@@H](O)C(C)(C)O)C1CC[C@@]2(C)C3CC=C4C(CC[C@H](O[C@@H]5O[C@H](C[N+](=O)[O-])[C@@H](O)[C@H](O)[C@H]5O)C4(C)C)[C@]3(C)C(=O)C[C@]12C. The number of aliphatic hydroxyl groups excluding tert-OH is 4. The summed E-state index contributed by atoms with van der Waals surface area (Å²) in [5.41, 5.74) is -1.30. The predicted octanol–water partition coefficient (Wildman–Crippen LogP) is 3.79. The van der Waals surface area contributed by atoms with Crippen LogP contribution in [0.2, 0.25) is 0 Å². The summed E-state index contributed by atoms with van der Waals surface area (Å²) in [4.78, 5) is 25.1. The van der Waals surface area contributed by atoms with Crippen molar-refractivity contribution < 1.29 is 44.7 Å². The monoisotopic (exact) mass is 665 g/mol. The number of carbonyl (C=O) groups excluding carboxylic acids is 1. The molecule has 5 N–H and O–H groups in total. The van der Waals surface area contributed by atoms with Crippen LogP contribution in [-0.2, 0) is 14.3 Å². The fourth-order valence-corrected chi connectivity index (χ4v) is 11.1. The second kappa shape index (κ2) is 12.4. The Balaban J connectivity index is 1.37. The van der Waals surface area contributed by atoms with Crippen LogP contribution >= 0.6 is 0 Å². The fraction of sp³-hybridized carbons (Fsp3) is 0.917. The summed E-state index contributed by atoms with van der Waals surface area (Å²) in [7, 11) is 0. The lowest BCUT2D eigenvalue weighted by molar-refractivity contribution is -0.503. The van der Waals surface area contributed by atoms with Gasteiger partial charge in [-0.25, -0.2) is 0 Å². The molecule has 0 aromatic carbocycles.